The van der Waals surface area contributed by atoms with Gasteiger partial charge < -0.3 is 15.3 Å². The molecule has 0 unspecified atom stereocenters. The number of hydrogen-bond donors (Lipinski definition) is 0. The molecule has 1 N–H and O–H groups in total. The smallest absolute Gasteiger partial charge is 0.176 e. The highest BCUT2D eigenvalue weighted by Crippen LogP contribution is 1.87. The average molecular weight is 170 g/mol. The summed E-state index contributed by atoms with van der Waals surface area (Å²) in [6.45, 7) is 4.10. The first-order chi connectivity index (χ1) is 5.52. The molecule has 0 aliphatic heterocycles. The van der Waals surface area contributed by atoms with Crippen LogP contribution in [0.15, 0.2) is 18.2 Å². The molecule has 5 nitrogen and oxygen atoms in total. The van der Waals surface area contributed by atoms with Crippen LogP contribution in [0.2, 0.25) is 0 Å². The first kappa shape index (κ1) is 10.3. The van der Waals surface area contributed by atoms with E-state index in [0.717, 1.165) is 0 Å². The van der Waals surface area contributed by atoms with Crippen molar-refractivity contribution in [2.24, 2.45) is 0 Å². The molecule has 12 heavy (non-hydrogen) atoms. The van der Waals surface area contributed by atoms with Gasteiger partial charge in [-0.2, -0.15) is 0 Å². The van der Waals surface area contributed by atoms with Gasteiger partial charge in [0.1, 0.15) is 0 Å². The molecule has 0 aromatic carbocycles. The van der Waals surface area contributed by atoms with E-state index in [1.54, 1.807) is 0 Å². The second-order valence-electron chi connectivity index (χ2n) is 2.24. The van der Waals surface area contributed by atoms with E-state index in [9.17, 15) is 0 Å². The molecule has 0 fully saturated rings. The Kier molecular flexibility index (Phi) is 4.36. The highest BCUT2D eigenvalue weighted by molar-refractivity contribution is 4.99. The van der Waals surface area contributed by atoms with E-state index in [1.165, 1.54) is 11.4 Å². The highest BCUT2D eigenvalue weighted by atomic mass is 16.9. The molecule has 0 spiro atoms. The molecule has 0 radical (unpaired) electrons. The number of aryl methyl sites for hydroxylation is 2. The van der Waals surface area contributed by atoms with Gasteiger partial charge in [-0.3, -0.25) is 0 Å². The van der Waals surface area contributed by atoms with Crippen LogP contribution in [0.25, 0.3) is 0 Å². The Morgan fingerprint density at radius 2 is 1.58 bits per heavy atom. The lowest BCUT2D eigenvalue weighted by Gasteiger charge is -1.82. The van der Waals surface area contributed by atoms with Gasteiger partial charge in [0.25, 0.3) is 0 Å². The molecule has 0 aliphatic rings. The van der Waals surface area contributed by atoms with Crippen molar-refractivity contribution >= 4 is 0 Å². The van der Waals surface area contributed by atoms with Gasteiger partial charge in [0.05, 0.1) is 5.09 Å². The van der Waals surface area contributed by atoms with Crippen LogP contribution in [-0.4, -0.2) is 5.09 Å². The maximum absolute atomic E-state index is 8.25. The minimum atomic E-state index is -1.75. The first-order valence-corrected chi connectivity index (χ1v) is 3.29. The molecule has 0 saturated heterocycles. The van der Waals surface area contributed by atoms with Crippen LogP contribution in [-0.2, 0) is 0 Å². The summed E-state index contributed by atoms with van der Waals surface area (Å²) in [6.07, 6.45) is 0. The number of rotatable bonds is 0. The summed E-state index contributed by atoms with van der Waals surface area (Å²) in [4.78, 5) is 11.4. The van der Waals surface area contributed by atoms with Crippen molar-refractivity contribution in [2.75, 3.05) is 0 Å². The zero-order valence-electron chi connectivity index (χ0n) is 6.90. The van der Waals surface area contributed by atoms with Crippen LogP contribution in [0.3, 0.4) is 0 Å². The minimum Gasteiger partial charge on any atom is -0.356 e. The molecule has 1 heterocycles. The number of aromatic amines is 1. The second kappa shape index (κ2) is 5.06. The van der Waals surface area contributed by atoms with E-state index >= 15 is 0 Å². The van der Waals surface area contributed by atoms with Crippen LogP contribution in [0.5, 0.6) is 0 Å². The molecule has 0 atom stereocenters. The summed E-state index contributed by atoms with van der Waals surface area (Å²) in [5.74, 6) is 0. The normalized spacial score (nSPS) is 8.17. The van der Waals surface area contributed by atoms with E-state index in [-0.39, 0.29) is 0 Å². The van der Waals surface area contributed by atoms with Crippen molar-refractivity contribution in [3.05, 3.63) is 44.9 Å². The van der Waals surface area contributed by atoms with Crippen molar-refractivity contribution in [3.8, 4) is 0 Å². The maximum atomic E-state index is 8.25. The van der Waals surface area contributed by atoms with E-state index in [4.69, 9.17) is 15.3 Å². The Bertz CT molecular complexity index is 241. The predicted molar refractivity (Wildman–Crippen MR) is 42.8 cm³/mol. The fourth-order valence-corrected chi connectivity index (χ4v) is 0.731. The molecule has 1 aromatic heterocycles. The Hall–Kier alpha value is -1.65. The van der Waals surface area contributed by atoms with Gasteiger partial charge in [0, 0.05) is 26.0 Å². The molecule has 66 valence electrons. The fraction of sp³-hybridized carbons (Fsp3) is 0.286. The first-order valence-electron chi connectivity index (χ1n) is 3.29. The Morgan fingerprint density at radius 1 is 1.25 bits per heavy atom. The molecule has 0 amide bonds. The summed E-state index contributed by atoms with van der Waals surface area (Å²) in [6, 6.07) is 6.14. The Labute approximate surface area is 69.8 Å². The summed E-state index contributed by atoms with van der Waals surface area (Å²) in [5, 5.41) is 14.8. The molecule has 1 aromatic rings. The van der Waals surface area contributed by atoms with Crippen LogP contribution >= 0.6 is 0 Å². The molecule has 5 heteroatoms. The lowest BCUT2D eigenvalue weighted by molar-refractivity contribution is -0.402. The molecular weight excluding hydrogens is 160 g/mol. The molecular formula is C7H10N2O3. The van der Waals surface area contributed by atoms with Crippen LogP contribution < -0.4 is 4.98 Å². The van der Waals surface area contributed by atoms with Gasteiger partial charge in [-0.05, 0) is 6.07 Å². The third-order valence-electron chi connectivity index (χ3n) is 1.09. The molecule has 0 saturated carbocycles. The van der Waals surface area contributed by atoms with Crippen molar-refractivity contribution in [2.45, 2.75) is 13.8 Å². The van der Waals surface area contributed by atoms with Crippen LogP contribution in [0, 0.1) is 29.2 Å². The average Bonchev–Trinajstić information content (AvgIpc) is 1.84. The number of H-pyrrole nitrogens is 1. The number of nitrogens with one attached hydrogen (secondary N) is 1. The van der Waals surface area contributed by atoms with Gasteiger partial charge in [-0.1, -0.05) is 0 Å². The van der Waals surface area contributed by atoms with Crippen LogP contribution in [0.1, 0.15) is 11.4 Å². The third-order valence-corrected chi connectivity index (χ3v) is 1.09. The number of aromatic nitrogens is 1. The lowest BCUT2D eigenvalue weighted by Crippen LogP contribution is -2.09. The minimum absolute atomic E-state index is 1.21. The zero-order chi connectivity index (χ0) is 9.56. The highest BCUT2D eigenvalue weighted by Gasteiger charge is 1.90. The van der Waals surface area contributed by atoms with E-state index in [1.807, 2.05) is 32.0 Å². The predicted octanol–water partition coefficient (Wildman–Crippen LogP) is 0.878. The molecule has 0 bridgehead atoms. The summed E-state index contributed by atoms with van der Waals surface area (Å²) in [7, 11) is 0. The number of hydrogen-bond acceptors (Lipinski definition) is 3. The largest absolute Gasteiger partial charge is 0.356 e. The number of pyridine rings is 1. The van der Waals surface area contributed by atoms with Gasteiger partial charge in [0.15, 0.2) is 11.4 Å². The zero-order valence-corrected chi connectivity index (χ0v) is 6.90. The summed E-state index contributed by atoms with van der Waals surface area (Å²) < 4.78 is 0. The number of nitrogens with zero attached hydrogens (tertiary/aromatic N) is 1. The lowest BCUT2D eigenvalue weighted by atomic mass is 10.3. The Balaban J connectivity index is 0.000000261. The van der Waals surface area contributed by atoms with Gasteiger partial charge >= 0.3 is 0 Å². The van der Waals surface area contributed by atoms with Crippen molar-refractivity contribution in [1.82, 2.24) is 0 Å². The quantitative estimate of drug-likeness (QED) is 0.428. The summed E-state index contributed by atoms with van der Waals surface area (Å²) in [5.41, 5.74) is 2.43. The third kappa shape index (κ3) is 6.47. The van der Waals surface area contributed by atoms with Crippen molar-refractivity contribution < 1.29 is 10.1 Å². The van der Waals surface area contributed by atoms with E-state index in [0.29, 0.717) is 0 Å². The molecule has 0 aliphatic carbocycles. The van der Waals surface area contributed by atoms with Gasteiger partial charge in [0.2, 0.25) is 0 Å². The topological polar surface area (TPSA) is 80.3 Å². The molecule has 1 rings (SSSR count). The van der Waals surface area contributed by atoms with Crippen LogP contribution in [0.4, 0.5) is 0 Å². The van der Waals surface area contributed by atoms with E-state index in [2.05, 4.69) is 4.98 Å². The Morgan fingerprint density at radius 3 is 1.75 bits per heavy atom. The fourth-order valence-electron chi connectivity index (χ4n) is 0.731. The maximum Gasteiger partial charge on any atom is 0.176 e. The SMILES string of the molecule is Cc1cccc(C)[nH+]1.O=[N+]([O-])[O-]. The monoisotopic (exact) mass is 170 g/mol. The van der Waals surface area contributed by atoms with Gasteiger partial charge in [-0.15, -0.1) is 0 Å². The standard InChI is InChI=1S/C7H9N.NO3/c1-6-4-3-5-7(2)8-6;2-1(3)4/h3-5H,1-2H3;/q;-1/p+1. The van der Waals surface area contributed by atoms with Crippen molar-refractivity contribution in [3.63, 3.8) is 0 Å². The van der Waals surface area contributed by atoms with E-state index < -0.39 is 5.09 Å². The van der Waals surface area contributed by atoms with Gasteiger partial charge in [-0.25, -0.2) is 4.98 Å². The summed E-state index contributed by atoms with van der Waals surface area (Å²) >= 11 is 0. The second-order valence-corrected chi connectivity index (χ2v) is 2.24. The van der Waals surface area contributed by atoms with Crippen molar-refractivity contribution in [1.29, 1.82) is 0 Å².